The van der Waals surface area contributed by atoms with E-state index in [1.807, 2.05) is 6.92 Å². The van der Waals surface area contributed by atoms with E-state index >= 15 is 0 Å². The molecule has 0 unspecified atom stereocenters. The summed E-state index contributed by atoms with van der Waals surface area (Å²) in [5, 5.41) is 2.86. The summed E-state index contributed by atoms with van der Waals surface area (Å²) in [6.45, 7) is 3.29. The maximum absolute atomic E-state index is 12.8. The number of halogens is 1. The zero-order valence-electron chi connectivity index (χ0n) is 13.5. The Morgan fingerprint density at radius 2 is 2.13 bits per heavy atom. The fourth-order valence-corrected chi connectivity index (χ4v) is 2.79. The molecule has 1 saturated heterocycles. The molecule has 5 nitrogen and oxygen atoms in total. The first-order valence-corrected chi connectivity index (χ1v) is 7.81. The van der Waals surface area contributed by atoms with Crippen LogP contribution < -0.4 is 5.32 Å². The largest absolute Gasteiger partial charge is 0.383 e. The highest BCUT2D eigenvalue weighted by atomic mass is 19.1. The van der Waals surface area contributed by atoms with Crippen molar-refractivity contribution >= 4 is 11.8 Å². The molecule has 1 aliphatic rings. The molecule has 1 aromatic rings. The zero-order valence-corrected chi connectivity index (χ0v) is 13.5. The number of carbonyl (C=O) groups excluding carboxylic acids is 2. The number of nitrogens with zero attached hydrogens (tertiary/aromatic N) is 1. The fraction of sp³-hybridized carbons (Fsp3) is 0.529. The maximum Gasteiger partial charge on any atom is 0.225 e. The van der Waals surface area contributed by atoms with E-state index in [-0.39, 0.29) is 36.0 Å². The number of nitrogens with one attached hydrogen (secondary N) is 1. The summed E-state index contributed by atoms with van der Waals surface area (Å²) in [5.74, 6) is -0.691. The number of methoxy groups -OCH3 is 1. The molecule has 0 radical (unpaired) electrons. The Hall–Kier alpha value is -1.95. The molecule has 2 amide bonds. The van der Waals surface area contributed by atoms with Gasteiger partial charge in [-0.3, -0.25) is 9.59 Å². The number of ether oxygens (including phenoxy) is 1. The van der Waals surface area contributed by atoms with E-state index in [0.717, 1.165) is 5.56 Å². The fourth-order valence-electron chi connectivity index (χ4n) is 2.79. The van der Waals surface area contributed by atoms with E-state index in [0.29, 0.717) is 26.1 Å². The van der Waals surface area contributed by atoms with Crippen LogP contribution >= 0.6 is 0 Å². The SMILES string of the molecule is COC[C@@H](C)N1C[C@H](C(=O)NCCc2ccc(F)cc2)CC1=O. The van der Waals surface area contributed by atoms with Crippen LogP contribution in [0.25, 0.3) is 0 Å². The van der Waals surface area contributed by atoms with Crippen LogP contribution in [-0.4, -0.2) is 49.6 Å². The Morgan fingerprint density at radius 1 is 1.43 bits per heavy atom. The highest BCUT2D eigenvalue weighted by Crippen LogP contribution is 2.20. The number of rotatable bonds is 7. The van der Waals surface area contributed by atoms with Crippen LogP contribution in [0.15, 0.2) is 24.3 Å². The lowest BCUT2D eigenvalue weighted by molar-refractivity contribution is -0.130. The monoisotopic (exact) mass is 322 g/mol. The third-order valence-electron chi connectivity index (χ3n) is 4.10. The second-order valence-electron chi connectivity index (χ2n) is 5.92. The van der Waals surface area contributed by atoms with Crippen molar-refractivity contribution in [3.8, 4) is 0 Å². The number of likely N-dealkylation sites (tertiary alicyclic amines) is 1. The first-order chi connectivity index (χ1) is 11.0. The second-order valence-corrected chi connectivity index (χ2v) is 5.92. The Labute approximate surface area is 135 Å². The molecule has 0 aromatic heterocycles. The van der Waals surface area contributed by atoms with Gasteiger partial charge in [0.2, 0.25) is 11.8 Å². The average Bonchev–Trinajstić information content (AvgIpc) is 2.91. The standard InChI is InChI=1S/C17H23FN2O3/c1-12(11-23-2)20-10-14(9-16(20)21)17(22)19-8-7-13-3-5-15(18)6-4-13/h3-6,12,14H,7-11H2,1-2H3,(H,19,22)/t12-,14-/m1/s1. The van der Waals surface area contributed by atoms with Crippen LogP contribution in [0.4, 0.5) is 4.39 Å². The van der Waals surface area contributed by atoms with Crippen molar-refractivity contribution in [1.29, 1.82) is 0 Å². The summed E-state index contributed by atoms with van der Waals surface area (Å²) >= 11 is 0. The van der Waals surface area contributed by atoms with E-state index in [1.165, 1.54) is 12.1 Å². The highest BCUT2D eigenvalue weighted by Gasteiger charge is 2.36. The van der Waals surface area contributed by atoms with E-state index in [2.05, 4.69) is 5.32 Å². The van der Waals surface area contributed by atoms with Gasteiger partial charge >= 0.3 is 0 Å². The average molecular weight is 322 g/mol. The molecule has 1 aliphatic heterocycles. The molecule has 0 bridgehead atoms. The number of hydrogen-bond acceptors (Lipinski definition) is 3. The van der Waals surface area contributed by atoms with Crippen LogP contribution in [0.3, 0.4) is 0 Å². The van der Waals surface area contributed by atoms with Gasteiger partial charge in [-0.15, -0.1) is 0 Å². The highest BCUT2D eigenvalue weighted by molar-refractivity contribution is 5.89. The van der Waals surface area contributed by atoms with E-state index in [4.69, 9.17) is 4.74 Å². The van der Waals surface area contributed by atoms with Crippen LogP contribution in [-0.2, 0) is 20.7 Å². The first kappa shape index (κ1) is 17.4. The molecule has 0 saturated carbocycles. The van der Waals surface area contributed by atoms with Crippen LogP contribution in [0.1, 0.15) is 18.9 Å². The molecular weight excluding hydrogens is 299 g/mol. The van der Waals surface area contributed by atoms with Crippen molar-refractivity contribution in [1.82, 2.24) is 10.2 Å². The van der Waals surface area contributed by atoms with Crippen molar-refractivity contribution < 1.29 is 18.7 Å². The lowest BCUT2D eigenvalue weighted by atomic mass is 10.1. The lowest BCUT2D eigenvalue weighted by Crippen LogP contribution is -2.39. The van der Waals surface area contributed by atoms with Gasteiger partial charge in [-0.05, 0) is 31.0 Å². The molecule has 23 heavy (non-hydrogen) atoms. The molecule has 1 N–H and O–H groups in total. The maximum atomic E-state index is 12.8. The quantitative estimate of drug-likeness (QED) is 0.825. The van der Waals surface area contributed by atoms with Crippen LogP contribution in [0.5, 0.6) is 0 Å². The molecule has 0 aliphatic carbocycles. The summed E-state index contributed by atoms with van der Waals surface area (Å²) in [6, 6.07) is 6.19. The van der Waals surface area contributed by atoms with Gasteiger partial charge in [0.25, 0.3) is 0 Å². The molecule has 2 rings (SSSR count). The van der Waals surface area contributed by atoms with Gasteiger partial charge in [-0.25, -0.2) is 4.39 Å². The third-order valence-corrected chi connectivity index (χ3v) is 4.10. The number of hydrogen-bond donors (Lipinski definition) is 1. The molecule has 0 spiro atoms. The molecule has 2 atom stereocenters. The number of amides is 2. The number of benzene rings is 1. The van der Waals surface area contributed by atoms with Gasteiger partial charge in [-0.1, -0.05) is 12.1 Å². The first-order valence-electron chi connectivity index (χ1n) is 7.81. The van der Waals surface area contributed by atoms with Crippen molar-refractivity contribution in [3.63, 3.8) is 0 Å². The summed E-state index contributed by atoms with van der Waals surface area (Å²) in [6.07, 6.45) is 0.882. The molecule has 1 heterocycles. The molecule has 1 aromatic carbocycles. The van der Waals surface area contributed by atoms with Gasteiger partial charge in [0, 0.05) is 26.6 Å². The summed E-state index contributed by atoms with van der Waals surface area (Å²) < 4.78 is 17.9. The number of carbonyl (C=O) groups is 2. The van der Waals surface area contributed by atoms with Crippen LogP contribution in [0.2, 0.25) is 0 Å². The van der Waals surface area contributed by atoms with Gasteiger partial charge in [0.15, 0.2) is 0 Å². The topological polar surface area (TPSA) is 58.6 Å². The van der Waals surface area contributed by atoms with Gasteiger partial charge < -0.3 is 15.0 Å². The Bertz CT molecular complexity index is 547. The normalized spacial score (nSPS) is 19.0. The third kappa shape index (κ3) is 4.76. The second kappa shape index (κ2) is 8.06. The van der Waals surface area contributed by atoms with Gasteiger partial charge in [-0.2, -0.15) is 0 Å². The Morgan fingerprint density at radius 3 is 2.78 bits per heavy atom. The van der Waals surface area contributed by atoms with Crippen molar-refractivity contribution in [3.05, 3.63) is 35.6 Å². The van der Waals surface area contributed by atoms with Crippen molar-refractivity contribution in [2.45, 2.75) is 25.8 Å². The van der Waals surface area contributed by atoms with E-state index < -0.39 is 0 Å². The predicted octanol–water partition coefficient (Wildman–Crippen LogP) is 1.37. The van der Waals surface area contributed by atoms with Gasteiger partial charge in [0.05, 0.1) is 18.6 Å². The van der Waals surface area contributed by atoms with Gasteiger partial charge in [0.1, 0.15) is 5.82 Å². The zero-order chi connectivity index (χ0) is 16.8. The predicted molar refractivity (Wildman–Crippen MR) is 84.3 cm³/mol. The molecule has 6 heteroatoms. The smallest absolute Gasteiger partial charge is 0.225 e. The summed E-state index contributed by atoms with van der Waals surface area (Å²) in [5.41, 5.74) is 0.963. The van der Waals surface area contributed by atoms with E-state index in [1.54, 1.807) is 24.1 Å². The minimum Gasteiger partial charge on any atom is -0.383 e. The molecular formula is C17H23FN2O3. The van der Waals surface area contributed by atoms with Crippen LogP contribution in [0, 0.1) is 11.7 Å². The Kier molecular flexibility index (Phi) is 6.10. The Balaban J connectivity index is 1.78. The minimum absolute atomic E-state index is 0.00626. The van der Waals surface area contributed by atoms with Crippen molar-refractivity contribution in [2.24, 2.45) is 5.92 Å². The lowest BCUT2D eigenvalue weighted by Gasteiger charge is -2.23. The summed E-state index contributed by atoms with van der Waals surface area (Å²) in [7, 11) is 1.59. The summed E-state index contributed by atoms with van der Waals surface area (Å²) in [4.78, 5) is 25.9. The molecule has 1 fully saturated rings. The van der Waals surface area contributed by atoms with Crippen molar-refractivity contribution in [2.75, 3.05) is 26.8 Å². The molecule has 126 valence electrons. The van der Waals surface area contributed by atoms with E-state index in [9.17, 15) is 14.0 Å². The minimum atomic E-state index is -0.310.